The second-order valence-electron chi connectivity index (χ2n) is 6.67. The minimum absolute atomic E-state index is 0.107. The molecule has 8 heteroatoms. The number of hydrogen-bond donors (Lipinski definition) is 1. The van der Waals surface area contributed by atoms with Gasteiger partial charge in [-0.05, 0) is 25.8 Å². The molecule has 2 aromatic heterocycles. The zero-order valence-corrected chi connectivity index (χ0v) is 13.8. The Morgan fingerprint density at radius 3 is 3.00 bits per heavy atom. The molecule has 0 unspecified atom stereocenters. The molecule has 2 atom stereocenters. The van der Waals surface area contributed by atoms with Crippen LogP contribution in [0.3, 0.4) is 0 Å². The number of nitrogens with zero attached hydrogens (tertiary/aromatic N) is 5. The SMILES string of the molecule is Cc1nc2ncnn2c(C)c1CCC(=O)N1C[C@@H]2CC(=O)N[C@@H]2C1. The first-order chi connectivity index (χ1) is 11.5. The molecule has 0 saturated carbocycles. The number of amides is 2. The van der Waals surface area contributed by atoms with Crippen LogP contribution in [0.25, 0.3) is 5.78 Å². The van der Waals surface area contributed by atoms with E-state index in [1.165, 1.54) is 6.33 Å². The fourth-order valence-electron chi connectivity index (χ4n) is 3.86. The van der Waals surface area contributed by atoms with Crippen molar-refractivity contribution in [2.45, 2.75) is 39.2 Å². The van der Waals surface area contributed by atoms with Crippen LogP contribution in [0.5, 0.6) is 0 Å². The van der Waals surface area contributed by atoms with Crippen molar-refractivity contribution in [3.05, 3.63) is 23.3 Å². The van der Waals surface area contributed by atoms with Gasteiger partial charge in [-0.3, -0.25) is 9.59 Å². The van der Waals surface area contributed by atoms with Crippen LogP contribution >= 0.6 is 0 Å². The molecule has 2 fully saturated rings. The highest BCUT2D eigenvalue weighted by atomic mass is 16.2. The molecule has 4 heterocycles. The van der Waals surface area contributed by atoms with Crippen LogP contribution in [0.1, 0.15) is 29.8 Å². The molecule has 126 valence electrons. The Hall–Kier alpha value is -2.51. The number of carbonyl (C=O) groups is 2. The van der Waals surface area contributed by atoms with E-state index in [0.717, 1.165) is 17.0 Å². The molecule has 4 rings (SSSR count). The Morgan fingerprint density at radius 1 is 1.38 bits per heavy atom. The van der Waals surface area contributed by atoms with Crippen LogP contribution in [0.2, 0.25) is 0 Å². The van der Waals surface area contributed by atoms with Crippen LogP contribution in [0.15, 0.2) is 6.33 Å². The molecule has 2 saturated heterocycles. The lowest BCUT2D eigenvalue weighted by Crippen LogP contribution is -2.35. The van der Waals surface area contributed by atoms with Crippen LogP contribution in [-0.4, -0.2) is 55.4 Å². The van der Waals surface area contributed by atoms with E-state index in [-0.39, 0.29) is 23.8 Å². The quantitative estimate of drug-likeness (QED) is 0.857. The van der Waals surface area contributed by atoms with Gasteiger partial charge in [-0.2, -0.15) is 10.1 Å². The van der Waals surface area contributed by atoms with Crippen molar-refractivity contribution < 1.29 is 9.59 Å². The number of aromatic nitrogens is 4. The van der Waals surface area contributed by atoms with Gasteiger partial charge in [0.1, 0.15) is 6.33 Å². The van der Waals surface area contributed by atoms with Gasteiger partial charge in [-0.1, -0.05) is 0 Å². The average molecular weight is 328 g/mol. The molecule has 8 nitrogen and oxygen atoms in total. The van der Waals surface area contributed by atoms with Crippen molar-refractivity contribution in [3.8, 4) is 0 Å². The number of nitrogens with one attached hydrogen (secondary N) is 1. The van der Waals surface area contributed by atoms with Crippen molar-refractivity contribution in [1.29, 1.82) is 0 Å². The second-order valence-corrected chi connectivity index (χ2v) is 6.67. The third-order valence-corrected chi connectivity index (χ3v) is 5.17. The van der Waals surface area contributed by atoms with Crippen molar-refractivity contribution in [1.82, 2.24) is 29.8 Å². The molecule has 1 N–H and O–H groups in total. The normalized spacial score (nSPS) is 22.9. The highest BCUT2D eigenvalue weighted by Crippen LogP contribution is 2.26. The lowest BCUT2D eigenvalue weighted by atomic mass is 10.1. The van der Waals surface area contributed by atoms with Gasteiger partial charge < -0.3 is 10.2 Å². The smallest absolute Gasteiger partial charge is 0.252 e. The van der Waals surface area contributed by atoms with Gasteiger partial charge >= 0.3 is 0 Å². The minimum Gasteiger partial charge on any atom is -0.351 e. The van der Waals surface area contributed by atoms with Crippen LogP contribution in [-0.2, 0) is 16.0 Å². The third-order valence-electron chi connectivity index (χ3n) is 5.17. The maximum Gasteiger partial charge on any atom is 0.252 e. The lowest BCUT2D eigenvalue weighted by molar-refractivity contribution is -0.131. The maximum absolute atomic E-state index is 12.5. The Bertz CT molecular complexity index is 813. The molecule has 0 radical (unpaired) electrons. The molecule has 0 bridgehead atoms. The second kappa shape index (κ2) is 5.54. The van der Waals surface area contributed by atoms with E-state index >= 15 is 0 Å². The summed E-state index contributed by atoms with van der Waals surface area (Å²) in [5.74, 6) is 1.10. The molecular weight excluding hydrogens is 308 g/mol. The molecule has 0 spiro atoms. The van der Waals surface area contributed by atoms with Gasteiger partial charge in [0.25, 0.3) is 5.78 Å². The van der Waals surface area contributed by atoms with Gasteiger partial charge in [-0.15, -0.1) is 0 Å². The summed E-state index contributed by atoms with van der Waals surface area (Å²) >= 11 is 0. The summed E-state index contributed by atoms with van der Waals surface area (Å²) < 4.78 is 1.71. The first kappa shape index (κ1) is 15.0. The predicted molar refractivity (Wildman–Crippen MR) is 85.2 cm³/mol. The average Bonchev–Trinajstić information content (AvgIpc) is 3.20. The Morgan fingerprint density at radius 2 is 2.21 bits per heavy atom. The van der Waals surface area contributed by atoms with Gasteiger partial charge in [0, 0.05) is 43.2 Å². The van der Waals surface area contributed by atoms with Gasteiger partial charge in [0.05, 0.1) is 6.04 Å². The zero-order chi connectivity index (χ0) is 16.8. The minimum atomic E-state index is 0.107. The fraction of sp³-hybridized carbons (Fsp3) is 0.562. The van der Waals surface area contributed by atoms with Crippen molar-refractivity contribution in [2.24, 2.45) is 5.92 Å². The summed E-state index contributed by atoms with van der Waals surface area (Å²) in [4.78, 5) is 34.3. The number of fused-ring (bicyclic) bond motifs is 2. The monoisotopic (exact) mass is 328 g/mol. The Labute approximate surface area is 139 Å². The summed E-state index contributed by atoms with van der Waals surface area (Å²) in [6.45, 7) is 5.23. The molecule has 2 aromatic rings. The summed E-state index contributed by atoms with van der Waals surface area (Å²) in [7, 11) is 0. The summed E-state index contributed by atoms with van der Waals surface area (Å²) in [6.07, 6.45) is 3.11. The van der Waals surface area contributed by atoms with Gasteiger partial charge in [-0.25, -0.2) is 9.50 Å². The third kappa shape index (κ3) is 2.42. The van der Waals surface area contributed by atoms with Crippen molar-refractivity contribution in [2.75, 3.05) is 13.1 Å². The Kier molecular flexibility index (Phi) is 3.47. The molecule has 2 aliphatic heterocycles. The number of aryl methyl sites for hydroxylation is 2. The van der Waals surface area contributed by atoms with E-state index in [0.29, 0.717) is 38.1 Å². The van der Waals surface area contributed by atoms with E-state index < -0.39 is 0 Å². The number of carbonyl (C=O) groups excluding carboxylic acids is 2. The van der Waals surface area contributed by atoms with E-state index in [1.54, 1.807) is 4.52 Å². The Balaban J connectivity index is 1.44. The van der Waals surface area contributed by atoms with Crippen molar-refractivity contribution in [3.63, 3.8) is 0 Å². The topological polar surface area (TPSA) is 92.5 Å². The first-order valence-electron chi connectivity index (χ1n) is 8.26. The van der Waals surface area contributed by atoms with Gasteiger partial charge in [0.15, 0.2) is 0 Å². The predicted octanol–water partition coefficient (Wildman–Crippen LogP) is 0.0206. The van der Waals surface area contributed by atoms with Gasteiger partial charge in [0.2, 0.25) is 11.8 Å². The lowest BCUT2D eigenvalue weighted by Gasteiger charge is -2.18. The molecule has 2 amide bonds. The van der Waals surface area contributed by atoms with Crippen LogP contribution in [0, 0.1) is 19.8 Å². The van der Waals surface area contributed by atoms with E-state index in [4.69, 9.17) is 0 Å². The van der Waals surface area contributed by atoms with E-state index in [1.807, 2.05) is 18.7 Å². The molecule has 0 aromatic carbocycles. The molecular formula is C16H20N6O2. The standard InChI is InChI=1S/C16H20N6O2/c1-9-12(10(2)22-16(19-9)17-8-18-22)3-4-15(24)21-6-11-5-14(23)20-13(11)7-21/h8,11,13H,3-7H2,1-2H3,(H,20,23)/t11-,13+/m0/s1. The summed E-state index contributed by atoms with van der Waals surface area (Å²) in [6, 6.07) is 0.137. The van der Waals surface area contributed by atoms with Crippen molar-refractivity contribution >= 4 is 17.6 Å². The largest absolute Gasteiger partial charge is 0.351 e. The number of hydrogen-bond acceptors (Lipinski definition) is 5. The number of rotatable bonds is 3. The molecule has 24 heavy (non-hydrogen) atoms. The summed E-state index contributed by atoms with van der Waals surface area (Å²) in [5.41, 5.74) is 2.92. The highest BCUT2D eigenvalue weighted by molar-refractivity contribution is 5.81. The maximum atomic E-state index is 12.5. The highest BCUT2D eigenvalue weighted by Gasteiger charge is 2.41. The summed E-state index contributed by atoms with van der Waals surface area (Å²) in [5, 5.41) is 7.13. The van der Waals surface area contributed by atoms with E-state index in [9.17, 15) is 9.59 Å². The van der Waals surface area contributed by atoms with Crippen LogP contribution < -0.4 is 5.32 Å². The zero-order valence-electron chi connectivity index (χ0n) is 13.8. The number of likely N-dealkylation sites (tertiary alicyclic amines) is 1. The van der Waals surface area contributed by atoms with E-state index in [2.05, 4.69) is 20.4 Å². The molecule has 0 aliphatic carbocycles. The molecule has 2 aliphatic rings. The first-order valence-corrected chi connectivity index (χ1v) is 8.26. The fourth-order valence-corrected chi connectivity index (χ4v) is 3.86. The van der Waals surface area contributed by atoms with Crippen LogP contribution in [0.4, 0.5) is 0 Å².